The fraction of sp³-hybridized carbons (Fsp3) is 0.409. The number of methoxy groups -OCH3 is 1. The second-order valence-corrected chi connectivity index (χ2v) is 7.28. The van der Waals surface area contributed by atoms with Gasteiger partial charge >= 0.3 is 0 Å². The fourth-order valence-electron chi connectivity index (χ4n) is 3.58. The van der Waals surface area contributed by atoms with Gasteiger partial charge in [-0.1, -0.05) is 12.1 Å². The molecule has 1 fully saturated rings. The molecular weight excluding hydrogens is 370 g/mol. The Bertz CT molecular complexity index is 789. The normalized spacial score (nSPS) is 15.6. The number of aliphatic hydroxyl groups is 1. The number of nitrogens with zero attached hydrogens (tertiary/aromatic N) is 1. The van der Waals surface area contributed by atoms with Crippen molar-refractivity contribution in [2.24, 2.45) is 0 Å². The number of hydrogen-bond donors (Lipinski definition) is 3. The van der Waals surface area contributed by atoms with Gasteiger partial charge in [0.15, 0.2) is 0 Å². The summed E-state index contributed by atoms with van der Waals surface area (Å²) in [6.07, 6.45) is -0.530. The van der Waals surface area contributed by atoms with Gasteiger partial charge in [0.25, 0.3) is 0 Å². The minimum absolute atomic E-state index is 0.108. The molecule has 0 unspecified atom stereocenters. The van der Waals surface area contributed by atoms with Gasteiger partial charge < -0.3 is 29.7 Å². The number of ether oxygens (including phenoxy) is 2. The van der Waals surface area contributed by atoms with Crippen LogP contribution in [0.15, 0.2) is 48.5 Å². The maximum Gasteiger partial charge on any atom is 0.221 e. The summed E-state index contributed by atoms with van der Waals surface area (Å²) in [4.78, 5) is 14.8. The van der Waals surface area contributed by atoms with Crippen molar-refractivity contribution in [1.29, 1.82) is 0 Å². The average molecular weight is 400 g/mol. The Labute approximate surface area is 171 Å². The molecule has 0 spiro atoms. The number of carbonyl (C=O) groups is 1. The number of aliphatic hydroxyl groups excluding tert-OH is 1. The van der Waals surface area contributed by atoms with Crippen LogP contribution in [-0.2, 0) is 4.79 Å². The SMILES string of the molecule is COc1ccccc1N1CC[NH+](C[C@@H](O)COc2ccc(NC(C)=O)cc2)CC1. The number of nitrogens with one attached hydrogen (secondary N) is 2. The lowest BCUT2D eigenvalue weighted by Gasteiger charge is -2.35. The third kappa shape index (κ3) is 6.10. The predicted octanol–water partition coefficient (Wildman–Crippen LogP) is 0.798. The number of amides is 1. The van der Waals surface area contributed by atoms with E-state index in [1.165, 1.54) is 11.8 Å². The van der Waals surface area contributed by atoms with Crippen molar-refractivity contribution in [3.8, 4) is 11.5 Å². The van der Waals surface area contributed by atoms with E-state index >= 15 is 0 Å². The van der Waals surface area contributed by atoms with Crippen molar-refractivity contribution in [2.45, 2.75) is 13.0 Å². The maximum atomic E-state index is 11.0. The summed E-state index contributed by atoms with van der Waals surface area (Å²) >= 11 is 0. The third-order valence-corrected chi connectivity index (χ3v) is 5.04. The average Bonchev–Trinajstić information content (AvgIpc) is 2.73. The van der Waals surface area contributed by atoms with Crippen LogP contribution in [0.4, 0.5) is 11.4 Å². The van der Waals surface area contributed by atoms with Crippen LogP contribution in [-0.4, -0.2) is 63.6 Å². The Morgan fingerprint density at radius 2 is 1.86 bits per heavy atom. The first-order chi connectivity index (χ1) is 14.0. The van der Waals surface area contributed by atoms with Gasteiger partial charge in [0, 0.05) is 12.6 Å². The zero-order valence-corrected chi connectivity index (χ0v) is 17.1. The standard InChI is InChI=1S/C22H29N3O4/c1-17(26)23-18-7-9-20(10-8-18)29-16-19(27)15-24-11-13-25(14-12-24)21-5-3-4-6-22(21)28-2/h3-10,19,27H,11-16H2,1-2H3,(H,23,26)/p+1/t19-/m1/s1. The smallest absolute Gasteiger partial charge is 0.221 e. The second-order valence-electron chi connectivity index (χ2n) is 7.28. The number of benzene rings is 2. The minimum atomic E-state index is -0.530. The molecule has 1 aliphatic heterocycles. The Balaban J connectivity index is 1.41. The summed E-state index contributed by atoms with van der Waals surface area (Å²) in [5, 5.41) is 13.1. The molecule has 7 nitrogen and oxygen atoms in total. The molecule has 3 N–H and O–H groups in total. The van der Waals surface area contributed by atoms with Crippen molar-refractivity contribution in [3.63, 3.8) is 0 Å². The molecule has 7 heteroatoms. The summed E-state index contributed by atoms with van der Waals surface area (Å²) in [6.45, 7) is 6.14. The molecule has 0 bridgehead atoms. The van der Waals surface area contributed by atoms with Crippen LogP contribution in [0.5, 0.6) is 11.5 Å². The summed E-state index contributed by atoms with van der Waals surface area (Å²) < 4.78 is 11.2. The van der Waals surface area contributed by atoms with Gasteiger partial charge in [-0.15, -0.1) is 0 Å². The highest BCUT2D eigenvalue weighted by Gasteiger charge is 2.24. The van der Waals surface area contributed by atoms with Crippen molar-refractivity contribution >= 4 is 17.3 Å². The molecule has 0 saturated carbocycles. The molecule has 1 atom stereocenters. The van der Waals surface area contributed by atoms with E-state index < -0.39 is 6.10 Å². The van der Waals surface area contributed by atoms with E-state index in [1.54, 1.807) is 31.4 Å². The lowest BCUT2D eigenvalue weighted by Crippen LogP contribution is -3.16. The first-order valence-electron chi connectivity index (χ1n) is 9.95. The Hall–Kier alpha value is -2.77. The molecular formula is C22H30N3O4+. The van der Waals surface area contributed by atoms with Crippen molar-refractivity contribution in [3.05, 3.63) is 48.5 Å². The van der Waals surface area contributed by atoms with E-state index in [-0.39, 0.29) is 12.5 Å². The number of rotatable bonds is 8. The molecule has 1 aliphatic rings. The van der Waals surface area contributed by atoms with Crippen LogP contribution in [0.25, 0.3) is 0 Å². The summed E-state index contributed by atoms with van der Waals surface area (Å²) in [7, 11) is 1.70. The van der Waals surface area contributed by atoms with Gasteiger partial charge in [-0.05, 0) is 36.4 Å². The number of quaternary nitrogens is 1. The summed E-state index contributed by atoms with van der Waals surface area (Å²) in [6, 6.07) is 15.2. The van der Waals surface area contributed by atoms with Crippen LogP contribution in [0.3, 0.4) is 0 Å². The number of piperazine rings is 1. The highest BCUT2D eigenvalue weighted by atomic mass is 16.5. The number of hydrogen-bond acceptors (Lipinski definition) is 5. The molecule has 2 aromatic carbocycles. The number of anilines is 2. The van der Waals surface area contributed by atoms with Crippen molar-refractivity contribution in [2.75, 3.05) is 56.7 Å². The predicted molar refractivity (Wildman–Crippen MR) is 113 cm³/mol. The maximum absolute atomic E-state index is 11.0. The van der Waals surface area contributed by atoms with Crippen LogP contribution >= 0.6 is 0 Å². The highest BCUT2D eigenvalue weighted by Crippen LogP contribution is 2.27. The molecule has 1 heterocycles. The molecule has 0 aliphatic carbocycles. The van der Waals surface area contributed by atoms with E-state index in [1.807, 2.05) is 18.2 Å². The van der Waals surface area contributed by atoms with Crippen LogP contribution in [0.2, 0.25) is 0 Å². The monoisotopic (exact) mass is 400 g/mol. The largest absolute Gasteiger partial charge is 0.495 e. The highest BCUT2D eigenvalue weighted by molar-refractivity contribution is 5.88. The number of para-hydroxylation sites is 2. The summed E-state index contributed by atoms with van der Waals surface area (Å²) in [5.41, 5.74) is 1.85. The molecule has 0 radical (unpaired) electrons. The molecule has 1 saturated heterocycles. The molecule has 29 heavy (non-hydrogen) atoms. The molecule has 156 valence electrons. The van der Waals surface area contributed by atoms with Crippen molar-refractivity contribution < 1.29 is 24.3 Å². The molecule has 2 aromatic rings. The topological polar surface area (TPSA) is 75.5 Å². The zero-order chi connectivity index (χ0) is 20.6. The Kier molecular flexibility index (Phi) is 7.32. The molecule has 0 aromatic heterocycles. The Morgan fingerprint density at radius 1 is 1.17 bits per heavy atom. The van der Waals surface area contributed by atoms with Gasteiger partial charge in [-0.2, -0.15) is 0 Å². The fourth-order valence-corrected chi connectivity index (χ4v) is 3.58. The Morgan fingerprint density at radius 3 is 2.52 bits per heavy atom. The second kappa shape index (κ2) is 10.1. The lowest BCUT2D eigenvalue weighted by molar-refractivity contribution is -0.903. The minimum Gasteiger partial charge on any atom is -0.495 e. The first-order valence-corrected chi connectivity index (χ1v) is 9.95. The molecule has 1 amide bonds. The van der Waals surface area contributed by atoms with E-state index in [0.29, 0.717) is 12.3 Å². The first kappa shape index (κ1) is 21.0. The van der Waals surface area contributed by atoms with Crippen LogP contribution in [0.1, 0.15) is 6.92 Å². The van der Waals surface area contributed by atoms with Gasteiger partial charge in [0.2, 0.25) is 5.91 Å². The zero-order valence-electron chi connectivity index (χ0n) is 17.1. The van der Waals surface area contributed by atoms with Crippen LogP contribution in [0, 0.1) is 0 Å². The van der Waals surface area contributed by atoms with Crippen LogP contribution < -0.4 is 24.6 Å². The van der Waals surface area contributed by atoms with E-state index in [4.69, 9.17) is 9.47 Å². The van der Waals surface area contributed by atoms with Gasteiger partial charge in [0.05, 0.1) is 39.0 Å². The molecule has 3 rings (SSSR count). The van der Waals surface area contributed by atoms with E-state index in [9.17, 15) is 9.90 Å². The van der Waals surface area contributed by atoms with Gasteiger partial charge in [-0.3, -0.25) is 4.79 Å². The number of carbonyl (C=O) groups excluding carboxylic acids is 1. The van der Waals surface area contributed by atoms with E-state index in [0.717, 1.165) is 43.3 Å². The van der Waals surface area contributed by atoms with Crippen molar-refractivity contribution in [1.82, 2.24) is 0 Å². The van der Waals surface area contributed by atoms with Gasteiger partial charge in [-0.25, -0.2) is 0 Å². The quantitative estimate of drug-likeness (QED) is 0.611. The third-order valence-electron chi connectivity index (χ3n) is 5.04. The van der Waals surface area contributed by atoms with E-state index in [2.05, 4.69) is 16.3 Å². The van der Waals surface area contributed by atoms with Gasteiger partial charge in [0.1, 0.15) is 30.8 Å². The summed E-state index contributed by atoms with van der Waals surface area (Å²) in [5.74, 6) is 1.46. The lowest BCUT2D eigenvalue weighted by atomic mass is 10.2.